The van der Waals surface area contributed by atoms with Gasteiger partial charge in [-0.3, -0.25) is 4.79 Å². The van der Waals surface area contributed by atoms with E-state index in [1.54, 1.807) is 6.07 Å². The van der Waals surface area contributed by atoms with Gasteiger partial charge in [-0.15, -0.1) is 0 Å². The number of aromatic nitrogens is 1. The van der Waals surface area contributed by atoms with Crippen molar-refractivity contribution in [3.8, 4) is 0 Å². The maximum atomic E-state index is 12.6. The molecule has 0 saturated carbocycles. The average molecular weight is 343 g/mol. The maximum absolute atomic E-state index is 12.6. The third-order valence-electron chi connectivity index (χ3n) is 4.81. The van der Waals surface area contributed by atoms with Gasteiger partial charge in [0.15, 0.2) is 0 Å². The number of benzene rings is 2. The molecule has 0 atom stereocenters. The van der Waals surface area contributed by atoms with Crippen LogP contribution in [-0.2, 0) is 13.0 Å². The van der Waals surface area contributed by atoms with Crippen LogP contribution in [0.4, 0.5) is 11.5 Å². The van der Waals surface area contributed by atoms with Crippen LogP contribution in [0.2, 0.25) is 0 Å². The summed E-state index contributed by atoms with van der Waals surface area (Å²) in [7, 11) is 0. The number of aryl methyl sites for hydroxylation is 1. The molecule has 1 aromatic heterocycles. The van der Waals surface area contributed by atoms with Crippen molar-refractivity contribution in [2.45, 2.75) is 19.9 Å². The third-order valence-corrected chi connectivity index (χ3v) is 4.81. The predicted octanol–water partition coefficient (Wildman–Crippen LogP) is 4.21. The summed E-state index contributed by atoms with van der Waals surface area (Å²) in [6.45, 7) is 3.71. The Morgan fingerprint density at radius 2 is 1.73 bits per heavy atom. The molecule has 4 heteroatoms. The van der Waals surface area contributed by atoms with Gasteiger partial charge < -0.3 is 10.2 Å². The number of nitrogens with one attached hydrogen (secondary N) is 1. The summed E-state index contributed by atoms with van der Waals surface area (Å²) in [4.78, 5) is 19.4. The van der Waals surface area contributed by atoms with Gasteiger partial charge in [-0.2, -0.15) is 0 Å². The fourth-order valence-corrected chi connectivity index (χ4v) is 3.32. The molecule has 0 radical (unpaired) electrons. The van der Waals surface area contributed by atoms with Crippen molar-refractivity contribution in [3.63, 3.8) is 0 Å². The highest BCUT2D eigenvalue weighted by molar-refractivity contribution is 6.03. The monoisotopic (exact) mass is 343 g/mol. The van der Waals surface area contributed by atoms with E-state index in [4.69, 9.17) is 0 Å². The lowest BCUT2D eigenvalue weighted by molar-refractivity contribution is 0.102. The first kappa shape index (κ1) is 16.3. The number of rotatable bonds is 3. The van der Waals surface area contributed by atoms with E-state index in [0.717, 1.165) is 36.6 Å². The summed E-state index contributed by atoms with van der Waals surface area (Å²) in [5.41, 5.74) is 5.01. The van der Waals surface area contributed by atoms with E-state index in [1.165, 1.54) is 11.1 Å². The number of nitrogens with zero attached hydrogens (tertiary/aromatic N) is 2. The Kier molecular flexibility index (Phi) is 4.40. The molecule has 0 unspecified atom stereocenters. The molecule has 1 aliphatic rings. The first-order valence-corrected chi connectivity index (χ1v) is 8.86. The Balaban J connectivity index is 1.54. The zero-order valence-corrected chi connectivity index (χ0v) is 14.8. The highest BCUT2D eigenvalue weighted by Crippen LogP contribution is 2.23. The summed E-state index contributed by atoms with van der Waals surface area (Å²) in [6.07, 6.45) is 0.998. The second kappa shape index (κ2) is 7.00. The van der Waals surface area contributed by atoms with Gasteiger partial charge in [0, 0.05) is 18.8 Å². The Morgan fingerprint density at radius 1 is 0.962 bits per heavy atom. The van der Waals surface area contributed by atoms with Gasteiger partial charge in [0.1, 0.15) is 11.5 Å². The molecule has 0 aliphatic carbocycles. The zero-order valence-electron chi connectivity index (χ0n) is 14.8. The van der Waals surface area contributed by atoms with Crippen molar-refractivity contribution in [1.29, 1.82) is 0 Å². The molecule has 26 heavy (non-hydrogen) atoms. The van der Waals surface area contributed by atoms with E-state index in [1.807, 2.05) is 43.3 Å². The normalized spacial score (nSPS) is 13.2. The van der Waals surface area contributed by atoms with Crippen molar-refractivity contribution in [3.05, 3.63) is 89.1 Å². The smallest absolute Gasteiger partial charge is 0.274 e. The van der Waals surface area contributed by atoms with Gasteiger partial charge >= 0.3 is 0 Å². The number of carbonyl (C=O) groups excluding carboxylic acids is 1. The second-order valence-electron chi connectivity index (χ2n) is 6.59. The van der Waals surface area contributed by atoms with Crippen LogP contribution >= 0.6 is 0 Å². The lowest BCUT2D eigenvalue weighted by Crippen LogP contribution is -2.31. The van der Waals surface area contributed by atoms with E-state index < -0.39 is 0 Å². The molecule has 0 fully saturated rings. The van der Waals surface area contributed by atoms with Crippen LogP contribution in [0.5, 0.6) is 0 Å². The Labute approximate surface area is 153 Å². The number of amides is 1. The van der Waals surface area contributed by atoms with Crippen LogP contribution in [0.3, 0.4) is 0 Å². The van der Waals surface area contributed by atoms with Gasteiger partial charge in [-0.05, 0) is 48.2 Å². The highest BCUT2D eigenvalue weighted by atomic mass is 16.1. The Bertz CT molecular complexity index is 951. The quantitative estimate of drug-likeness (QED) is 0.775. The largest absolute Gasteiger partial charge is 0.352 e. The van der Waals surface area contributed by atoms with E-state index in [9.17, 15) is 4.79 Å². The predicted molar refractivity (Wildman–Crippen MR) is 105 cm³/mol. The molecule has 4 nitrogen and oxygen atoms in total. The number of anilines is 2. The molecule has 3 aromatic rings. The highest BCUT2D eigenvalue weighted by Gasteiger charge is 2.18. The van der Waals surface area contributed by atoms with Crippen LogP contribution in [0.25, 0.3) is 0 Å². The summed E-state index contributed by atoms with van der Waals surface area (Å²) >= 11 is 0. The van der Waals surface area contributed by atoms with Crippen LogP contribution in [0.1, 0.15) is 27.2 Å². The summed E-state index contributed by atoms with van der Waals surface area (Å²) < 4.78 is 0. The van der Waals surface area contributed by atoms with Crippen LogP contribution in [-0.4, -0.2) is 17.4 Å². The first-order chi connectivity index (χ1) is 12.7. The number of para-hydroxylation sites is 1. The van der Waals surface area contributed by atoms with Crippen molar-refractivity contribution < 1.29 is 4.79 Å². The Morgan fingerprint density at radius 3 is 2.58 bits per heavy atom. The minimum atomic E-state index is -0.182. The average Bonchev–Trinajstić information content (AvgIpc) is 2.69. The van der Waals surface area contributed by atoms with E-state index >= 15 is 0 Å². The molecule has 1 aliphatic heterocycles. The fraction of sp³-hybridized carbons (Fsp3) is 0.182. The van der Waals surface area contributed by atoms with E-state index in [2.05, 4.69) is 39.5 Å². The SMILES string of the molecule is Cc1ccccc1NC(=O)c1cccc(N2CCc3ccccc3C2)n1. The molecule has 130 valence electrons. The lowest BCUT2D eigenvalue weighted by atomic mass is 10.00. The van der Waals surface area contributed by atoms with Gasteiger partial charge in [0.2, 0.25) is 0 Å². The molecule has 0 spiro atoms. The molecule has 1 amide bonds. The van der Waals surface area contributed by atoms with Gasteiger partial charge in [0.05, 0.1) is 0 Å². The maximum Gasteiger partial charge on any atom is 0.274 e. The van der Waals surface area contributed by atoms with Crippen LogP contribution < -0.4 is 10.2 Å². The van der Waals surface area contributed by atoms with E-state index in [0.29, 0.717) is 5.69 Å². The van der Waals surface area contributed by atoms with Crippen molar-refractivity contribution in [1.82, 2.24) is 4.98 Å². The lowest BCUT2D eigenvalue weighted by Gasteiger charge is -2.30. The Hall–Kier alpha value is -3.14. The van der Waals surface area contributed by atoms with Crippen LogP contribution in [0, 0.1) is 6.92 Å². The van der Waals surface area contributed by atoms with E-state index in [-0.39, 0.29) is 5.91 Å². The number of hydrogen-bond donors (Lipinski definition) is 1. The zero-order chi connectivity index (χ0) is 17.9. The minimum absolute atomic E-state index is 0.182. The summed E-state index contributed by atoms with van der Waals surface area (Å²) in [6, 6.07) is 21.9. The van der Waals surface area contributed by atoms with Crippen molar-refractivity contribution in [2.75, 3.05) is 16.8 Å². The van der Waals surface area contributed by atoms with Crippen LogP contribution in [0.15, 0.2) is 66.7 Å². The number of carbonyl (C=O) groups is 1. The van der Waals surface area contributed by atoms with Gasteiger partial charge in [-0.1, -0.05) is 48.5 Å². The molecule has 2 heterocycles. The molecule has 0 bridgehead atoms. The number of hydrogen-bond acceptors (Lipinski definition) is 3. The van der Waals surface area contributed by atoms with Crippen molar-refractivity contribution >= 4 is 17.4 Å². The summed E-state index contributed by atoms with van der Waals surface area (Å²) in [5.74, 6) is 0.662. The fourth-order valence-electron chi connectivity index (χ4n) is 3.32. The molecule has 2 aromatic carbocycles. The number of pyridine rings is 1. The minimum Gasteiger partial charge on any atom is -0.352 e. The van der Waals surface area contributed by atoms with Crippen molar-refractivity contribution in [2.24, 2.45) is 0 Å². The molecule has 4 rings (SSSR count). The van der Waals surface area contributed by atoms with Gasteiger partial charge in [0.25, 0.3) is 5.91 Å². The third kappa shape index (κ3) is 3.31. The summed E-state index contributed by atoms with van der Waals surface area (Å²) in [5, 5.41) is 2.95. The topological polar surface area (TPSA) is 45.2 Å². The molecular weight excluding hydrogens is 322 g/mol. The second-order valence-corrected chi connectivity index (χ2v) is 6.59. The van der Waals surface area contributed by atoms with Gasteiger partial charge in [-0.25, -0.2) is 4.98 Å². The molecule has 1 N–H and O–H groups in total. The number of fused-ring (bicyclic) bond motifs is 1. The molecule has 0 saturated heterocycles. The first-order valence-electron chi connectivity index (χ1n) is 8.86. The molecular formula is C22H21N3O. The standard InChI is InChI=1S/C22H21N3O/c1-16-7-2-5-10-19(16)24-22(26)20-11-6-12-21(23-20)25-14-13-17-8-3-4-9-18(17)15-25/h2-12H,13-15H2,1H3,(H,24,26).